The fourth-order valence-corrected chi connectivity index (χ4v) is 2.90. The lowest BCUT2D eigenvalue weighted by molar-refractivity contribution is -0.124. The highest BCUT2D eigenvalue weighted by Crippen LogP contribution is 2.39. The van der Waals surface area contributed by atoms with Crippen molar-refractivity contribution in [2.45, 2.75) is 80.7 Å². The van der Waals surface area contributed by atoms with Crippen molar-refractivity contribution >= 4 is 11.7 Å². The third-order valence-electron chi connectivity index (χ3n) is 3.34. The van der Waals surface area contributed by atoms with Gasteiger partial charge in [0.1, 0.15) is 5.78 Å². The maximum absolute atomic E-state index is 11.9. The first-order chi connectivity index (χ1) is 8.84. The number of hydrogen-bond acceptors (Lipinski definition) is 2. The number of hydrogen-bond donors (Lipinski definition) is 1. The van der Waals surface area contributed by atoms with Gasteiger partial charge in [-0.2, -0.15) is 0 Å². The van der Waals surface area contributed by atoms with Gasteiger partial charge in [-0.3, -0.25) is 9.59 Å². The van der Waals surface area contributed by atoms with Gasteiger partial charge in [0.05, 0.1) is 0 Å². The van der Waals surface area contributed by atoms with Crippen LogP contribution in [0.1, 0.15) is 74.7 Å². The molecule has 0 unspecified atom stereocenters. The SMILES string of the molecule is CC(C)NC(=O)CC(C)(C)CC(C)(C)CC(=O)C(C)C. The van der Waals surface area contributed by atoms with Crippen LogP contribution in [-0.4, -0.2) is 17.7 Å². The van der Waals surface area contributed by atoms with Gasteiger partial charge in [-0.1, -0.05) is 41.5 Å². The fraction of sp³-hybridized carbons (Fsp3) is 0.882. The van der Waals surface area contributed by atoms with Crippen molar-refractivity contribution in [3.05, 3.63) is 0 Å². The summed E-state index contributed by atoms with van der Waals surface area (Å²) in [7, 11) is 0. The molecule has 0 spiro atoms. The van der Waals surface area contributed by atoms with E-state index in [0.717, 1.165) is 6.42 Å². The summed E-state index contributed by atoms with van der Waals surface area (Å²) in [4.78, 5) is 23.8. The summed E-state index contributed by atoms with van der Waals surface area (Å²) >= 11 is 0. The molecule has 0 radical (unpaired) electrons. The minimum atomic E-state index is -0.0975. The van der Waals surface area contributed by atoms with Gasteiger partial charge < -0.3 is 5.32 Å². The molecule has 0 heterocycles. The standard InChI is InChI=1S/C17H33NO2/c1-12(2)14(19)9-16(5,6)11-17(7,8)10-15(20)18-13(3)4/h12-13H,9-11H2,1-8H3,(H,18,20). The smallest absolute Gasteiger partial charge is 0.220 e. The Labute approximate surface area is 124 Å². The van der Waals surface area contributed by atoms with E-state index in [2.05, 4.69) is 33.0 Å². The third-order valence-corrected chi connectivity index (χ3v) is 3.34. The van der Waals surface area contributed by atoms with E-state index in [-0.39, 0.29) is 28.7 Å². The molecule has 0 aliphatic heterocycles. The van der Waals surface area contributed by atoms with Gasteiger partial charge >= 0.3 is 0 Å². The molecule has 0 aromatic heterocycles. The lowest BCUT2D eigenvalue weighted by Gasteiger charge is -2.35. The van der Waals surface area contributed by atoms with Crippen molar-refractivity contribution < 1.29 is 9.59 Å². The van der Waals surface area contributed by atoms with Crippen LogP contribution in [0, 0.1) is 16.7 Å². The van der Waals surface area contributed by atoms with Crippen LogP contribution < -0.4 is 5.32 Å². The highest BCUT2D eigenvalue weighted by Gasteiger charge is 2.32. The van der Waals surface area contributed by atoms with E-state index < -0.39 is 0 Å². The molecule has 0 aliphatic carbocycles. The third kappa shape index (κ3) is 8.34. The lowest BCUT2D eigenvalue weighted by Crippen LogP contribution is -2.35. The quantitative estimate of drug-likeness (QED) is 0.733. The minimum absolute atomic E-state index is 0.0665. The minimum Gasteiger partial charge on any atom is -0.354 e. The van der Waals surface area contributed by atoms with Gasteiger partial charge in [0.25, 0.3) is 0 Å². The monoisotopic (exact) mass is 283 g/mol. The number of Topliss-reactive ketones (excluding diaryl/α,β-unsaturated/α-hetero) is 1. The van der Waals surface area contributed by atoms with Crippen LogP contribution in [0.4, 0.5) is 0 Å². The molecule has 0 aliphatic rings. The number of rotatable bonds is 8. The predicted molar refractivity (Wildman–Crippen MR) is 84.5 cm³/mol. The Hall–Kier alpha value is -0.860. The number of amides is 1. The Bertz CT molecular complexity index is 341. The molecule has 0 aromatic rings. The molecule has 0 rings (SSSR count). The molecule has 3 nitrogen and oxygen atoms in total. The summed E-state index contributed by atoms with van der Waals surface area (Å²) in [5.74, 6) is 0.482. The van der Waals surface area contributed by atoms with E-state index in [9.17, 15) is 9.59 Å². The van der Waals surface area contributed by atoms with Crippen LogP contribution in [0.25, 0.3) is 0 Å². The van der Waals surface area contributed by atoms with Gasteiger partial charge in [0.15, 0.2) is 0 Å². The van der Waals surface area contributed by atoms with Gasteiger partial charge in [-0.25, -0.2) is 0 Å². The molecule has 20 heavy (non-hydrogen) atoms. The van der Waals surface area contributed by atoms with Crippen molar-refractivity contribution in [3.8, 4) is 0 Å². The number of nitrogens with one attached hydrogen (secondary N) is 1. The second-order valence-corrected chi connectivity index (χ2v) is 8.20. The van der Waals surface area contributed by atoms with Crippen molar-refractivity contribution in [1.29, 1.82) is 0 Å². The summed E-state index contributed by atoms with van der Waals surface area (Å²) < 4.78 is 0. The summed E-state index contributed by atoms with van der Waals surface area (Å²) in [6.07, 6.45) is 1.95. The summed E-state index contributed by atoms with van der Waals surface area (Å²) in [5, 5.41) is 2.94. The topological polar surface area (TPSA) is 46.2 Å². The van der Waals surface area contributed by atoms with Gasteiger partial charge in [0, 0.05) is 24.8 Å². The van der Waals surface area contributed by atoms with Crippen molar-refractivity contribution in [1.82, 2.24) is 5.32 Å². The lowest BCUT2D eigenvalue weighted by atomic mass is 9.70. The molecule has 3 heteroatoms. The Morgan fingerprint density at radius 2 is 1.35 bits per heavy atom. The van der Waals surface area contributed by atoms with E-state index in [1.54, 1.807) is 0 Å². The number of ketones is 1. The zero-order chi connectivity index (χ0) is 16.1. The summed E-state index contributed by atoms with van der Waals surface area (Å²) in [5.41, 5.74) is -0.164. The number of carbonyl (C=O) groups excluding carboxylic acids is 2. The molecule has 0 bridgehead atoms. The second-order valence-electron chi connectivity index (χ2n) is 8.20. The fourth-order valence-electron chi connectivity index (χ4n) is 2.90. The van der Waals surface area contributed by atoms with E-state index in [0.29, 0.717) is 18.6 Å². The van der Waals surface area contributed by atoms with Gasteiger partial charge in [-0.05, 0) is 31.1 Å². The first kappa shape index (κ1) is 19.1. The average Bonchev–Trinajstić information content (AvgIpc) is 2.10. The average molecular weight is 283 g/mol. The van der Waals surface area contributed by atoms with Crippen LogP contribution in [0.15, 0.2) is 0 Å². The zero-order valence-corrected chi connectivity index (χ0v) is 14.6. The molecular formula is C17H33NO2. The van der Waals surface area contributed by atoms with Gasteiger partial charge in [-0.15, -0.1) is 0 Å². The highest BCUT2D eigenvalue weighted by atomic mass is 16.1. The highest BCUT2D eigenvalue weighted by molar-refractivity contribution is 5.81. The molecule has 0 saturated heterocycles. The Morgan fingerprint density at radius 1 is 0.900 bits per heavy atom. The molecule has 1 amide bonds. The molecule has 118 valence electrons. The van der Waals surface area contributed by atoms with Crippen LogP contribution in [-0.2, 0) is 9.59 Å². The maximum atomic E-state index is 11.9. The van der Waals surface area contributed by atoms with Crippen molar-refractivity contribution in [2.75, 3.05) is 0 Å². The predicted octanol–water partition coefficient (Wildman–Crippen LogP) is 3.96. The van der Waals surface area contributed by atoms with E-state index in [4.69, 9.17) is 0 Å². The maximum Gasteiger partial charge on any atom is 0.220 e. The molecule has 1 N–H and O–H groups in total. The Morgan fingerprint density at radius 3 is 1.75 bits per heavy atom. The van der Waals surface area contributed by atoms with E-state index >= 15 is 0 Å². The van der Waals surface area contributed by atoms with Crippen molar-refractivity contribution in [3.63, 3.8) is 0 Å². The second kappa shape index (κ2) is 7.24. The normalized spacial score (nSPS) is 12.9. The molecule has 0 aromatic carbocycles. The first-order valence-corrected chi connectivity index (χ1v) is 7.67. The van der Waals surface area contributed by atoms with Crippen LogP contribution >= 0.6 is 0 Å². The van der Waals surface area contributed by atoms with Crippen molar-refractivity contribution in [2.24, 2.45) is 16.7 Å². The Kier molecular flexibility index (Phi) is 6.92. The Balaban J connectivity index is 4.57. The largest absolute Gasteiger partial charge is 0.354 e. The first-order valence-electron chi connectivity index (χ1n) is 7.67. The van der Waals surface area contributed by atoms with E-state index in [1.807, 2.05) is 27.7 Å². The van der Waals surface area contributed by atoms with Crippen LogP contribution in [0.3, 0.4) is 0 Å². The molecule has 0 atom stereocenters. The van der Waals surface area contributed by atoms with Gasteiger partial charge in [0.2, 0.25) is 5.91 Å². The summed E-state index contributed by atoms with van der Waals surface area (Å²) in [6.45, 7) is 16.3. The van der Waals surface area contributed by atoms with E-state index in [1.165, 1.54) is 0 Å². The van der Waals surface area contributed by atoms with Crippen LogP contribution in [0.5, 0.6) is 0 Å². The summed E-state index contributed by atoms with van der Waals surface area (Å²) in [6, 6.07) is 0.175. The molecular weight excluding hydrogens is 250 g/mol. The molecule has 0 saturated carbocycles. The molecule has 0 fully saturated rings. The van der Waals surface area contributed by atoms with Crippen LogP contribution in [0.2, 0.25) is 0 Å². The number of carbonyl (C=O) groups is 2. The zero-order valence-electron chi connectivity index (χ0n) is 14.6.